The summed E-state index contributed by atoms with van der Waals surface area (Å²) in [5.74, 6) is -0.842. The van der Waals surface area contributed by atoms with Crippen molar-refractivity contribution in [2.45, 2.75) is 37.8 Å². The number of carbonyl (C=O) groups is 1. The van der Waals surface area contributed by atoms with Crippen LogP contribution in [-0.4, -0.2) is 59.5 Å². The molecule has 2 heterocycles. The molecular formula is C33H35Cl3F6N4O. The molecule has 5 nitrogen and oxygen atoms in total. The summed E-state index contributed by atoms with van der Waals surface area (Å²) in [5, 5.41) is 5.42. The van der Waals surface area contributed by atoms with Gasteiger partial charge in [-0.2, -0.15) is 26.3 Å². The van der Waals surface area contributed by atoms with Crippen molar-refractivity contribution in [2.75, 3.05) is 32.7 Å². The van der Waals surface area contributed by atoms with Crippen LogP contribution in [0.3, 0.4) is 0 Å². The molecule has 1 atom stereocenters. The Morgan fingerprint density at radius 1 is 0.809 bits per heavy atom. The predicted molar refractivity (Wildman–Crippen MR) is 178 cm³/mol. The Bertz CT molecular complexity index is 1560. The van der Waals surface area contributed by atoms with E-state index in [9.17, 15) is 31.1 Å². The second-order valence-electron chi connectivity index (χ2n) is 11.0. The zero-order chi connectivity index (χ0) is 31.3. The summed E-state index contributed by atoms with van der Waals surface area (Å²) in [4.78, 5) is 21.4. The summed E-state index contributed by atoms with van der Waals surface area (Å²) in [7, 11) is 0. The molecular weight excluding hydrogens is 689 g/mol. The van der Waals surface area contributed by atoms with Crippen LogP contribution in [0.4, 0.5) is 26.3 Å². The fourth-order valence-corrected chi connectivity index (χ4v) is 5.61. The molecule has 256 valence electrons. The lowest BCUT2D eigenvalue weighted by molar-refractivity contribution is -0.143. The lowest BCUT2D eigenvalue weighted by Gasteiger charge is -2.42. The van der Waals surface area contributed by atoms with Crippen LogP contribution in [0.2, 0.25) is 0 Å². The van der Waals surface area contributed by atoms with Crippen molar-refractivity contribution in [1.29, 1.82) is 0 Å². The van der Waals surface area contributed by atoms with Gasteiger partial charge in [-0.25, -0.2) is 0 Å². The van der Waals surface area contributed by atoms with Gasteiger partial charge in [0.15, 0.2) is 0 Å². The molecule has 1 amide bonds. The summed E-state index contributed by atoms with van der Waals surface area (Å²) in [6, 6.07) is 18.2. The predicted octanol–water partition coefficient (Wildman–Crippen LogP) is 8.09. The van der Waals surface area contributed by atoms with Gasteiger partial charge in [0.1, 0.15) is 0 Å². The Kier molecular flexibility index (Phi) is 14.8. The maximum atomic E-state index is 13.7. The highest BCUT2D eigenvalue weighted by atomic mass is 35.5. The number of rotatable bonds is 9. The number of nitrogens with one attached hydrogen (secondary N) is 1. The van der Waals surface area contributed by atoms with Crippen LogP contribution in [0.25, 0.3) is 10.8 Å². The monoisotopic (exact) mass is 722 g/mol. The highest BCUT2D eigenvalue weighted by Gasteiger charge is 2.39. The smallest absolute Gasteiger partial charge is 0.333 e. The Morgan fingerprint density at radius 2 is 1.49 bits per heavy atom. The molecule has 14 heteroatoms. The highest BCUT2D eigenvalue weighted by Crippen LogP contribution is 2.37. The van der Waals surface area contributed by atoms with Gasteiger partial charge in [-0.15, -0.1) is 37.2 Å². The van der Waals surface area contributed by atoms with Crippen molar-refractivity contribution in [3.63, 3.8) is 0 Å². The number of alkyl halides is 6. The second kappa shape index (κ2) is 17.3. The summed E-state index contributed by atoms with van der Waals surface area (Å²) < 4.78 is 81.3. The summed E-state index contributed by atoms with van der Waals surface area (Å²) in [6.07, 6.45) is -5.35. The van der Waals surface area contributed by atoms with E-state index in [2.05, 4.69) is 15.2 Å². The van der Waals surface area contributed by atoms with Gasteiger partial charge in [-0.1, -0.05) is 48.5 Å². The molecule has 3 aromatic carbocycles. The van der Waals surface area contributed by atoms with Crippen LogP contribution in [0.1, 0.15) is 39.0 Å². The average Bonchev–Trinajstić information content (AvgIpc) is 3.00. The molecule has 1 saturated heterocycles. The molecule has 1 fully saturated rings. The van der Waals surface area contributed by atoms with Crippen molar-refractivity contribution in [2.24, 2.45) is 0 Å². The van der Waals surface area contributed by atoms with Gasteiger partial charge in [-0.05, 0) is 72.1 Å². The third-order valence-electron chi connectivity index (χ3n) is 7.83. The quantitative estimate of drug-likeness (QED) is 0.140. The summed E-state index contributed by atoms with van der Waals surface area (Å²) in [5.41, 5.74) is -1.63. The number of hydrogen-bond acceptors (Lipinski definition) is 4. The molecule has 1 aliphatic rings. The lowest BCUT2D eigenvalue weighted by atomic mass is 9.97. The van der Waals surface area contributed by atoms with Gasteiger partial charge in [0.25, 0.3) is 5.91 Å². The van der Waals surface area contributed by atoms with E-state index in [0.29, 0.717) is 38.2 Å². The molecule has 0 bridgehead atoms. The molecule has 0 radical (unpaired) electrons. The first-order valence-corrected chi connectivity index (χ1v) is 14.4. The standard InChI is InChI=1S/C33H32F6N4O.3ClH/c34-32(35,36)28-17-27(18-29(19-28)33(37,38)39)31(44)43-14-13-42(12-4-11-41-21-24-5-3-10-40-20-24)22-30(43)16-23-8-9-25-6-1-2-7-26(25)15-23;;;/h1-3,5-10,15,17-20,30,41H,4,11-14,16,21-22H2;3*1H/t30-;;;/m1.../s1. The maximum Gasteiger partial charge on any atom is 0.416 e. The molecule has 47 heavy (non-hydrogen) atoms. The average molecular weight is 724 g/mol. The number of fused-ring (bicyclic) bond motifs is 1. The fourth-order valence-electron chi connectivity index (χ4n) is 5.61. The Morgan fingerprint density at radius 3 is 2.13 bits per heavy atom. The fraction of sp³-hybridized carbons (Fsp3) is 0.333. The minimum atomic E-state index is -5.04. The largest absolute Gasteiger partial charge is 0.416 e. The first kappa shape index (κ1) is 40.1. The van der Waals surface area contributed by atoms with E-state index in [0.717, 1.165) is 41.4 Å². The van der Waals surface area contributed by atoms with Gasteiger partial charge in [0.2, 0.25) is 0 Å². The highest BCUT2D eigenvalue weighted by molar-refractivity contribution is 5.95. The number of hydrogen-bond donors (Lipinski definition) is 1. The van der Waals surface area contributed by atoms with E-state index in [-0.39, 0.29) is 49.8 Å². The van der Waals surface area contributed by atoms with Crippen LogP contribution in [0.15, 0.2) is 85.2 Å². The molecule has 1 aliphatic heterocycles. The second-order valence-corrected chi connectivity index (χ2v) is 11.0. The summed E-state index contributed by atoms with van der Waals surface area (Å²) >= 11 is 0. The number of halogens is 9. The van der Waals surface area contributed by atoms with Crippen molar-refractivity contribution < 1.29 is 31.1 Å². The molecule has 1 N–H and O–H groups in total. The van der Waals surface area contributed by atoms with Gasteiger partial charge >= 0.3 is 12.4 Å². The minimum absolute atomic E-state index is 0. The third-order valence-corrected chi connectivity index (χ3v) is 7.83. The normalized spacial score (nSPS) is 15.4. The van der Waals surface area contributed by atoms with Gasteiger partial charge < -0.3 is 10.2 Å². The number of benzene rings is 3. The lowest BCUT2D eigenvalue weighted by Crippen LogP contribution is -2.56. The van der Waals surface area contributed by atoms with Crippen LogP contribution in [0.5, 0.6) is 0 Å². The van der Waals surface area contributed by atoms with Crippen LogP contribution in [0, 0.1) is 0 Å². The van der Waals surface area contributed by atoms with Crippen molar-refractivity contribution in [3.05, 3.63) is 113 Å². The first-order valence-electron chi connectivity index (χ1n) is 14.4. The third kappa shape index (κ3) is 10.7. The number of carbonyl (C=O) groups excluding carboxylic acids is 1. The number of nitrogens with zero attached hydrogens (tertiary/aromatic N) is 3. The molecule has 0 spiro atoms. The van der Waals surface area contributed by atoms with Crippen molar-refractivity contribution in [3.8, 4) is 0 Å². The van der Waals surface area contributed by atoms with E-state index >= 15 is 0 Å². The zero-order valence-corrected chi connectivity index (χ0v) is 27.5. The van der Waals surface area contributed by atoms with E-state index < -0.39 is 41.0 Å². The van der Waals surface area contributed by atoms with Gasteiger partial charge in [0.05, 0.1) is 11.1 Å². The van der Waals surface area contributed by atoms with Crippen molar-refractivity contribution >= 4 is 53.9 Å². The summed E-state index contributed by atoms with van der Waals surface area (Å²) in [6.45, 7) is 3.21. The molecule has 4 aromatic rings. The molecule has 0 aliphatic carbocycles. The van der Waals surface area contributed by atoms with E-state index in [1.165, 1.54) is 4.90 Å². The first-order chi connectivity index (χ1) is 21.0. The molecule has 1 aromatic heterocycles. The van der Waals surface area contributed by atoms with Gasteiger partial charge in [0, 0.05) is 50.2 Å². The minimum Gasteiger partial charge on any atom is -0.333 e. The molecule has 0 saturated carbocycles. The Labute approximate surface area is 288 Å². The zero-order valence-electron chi connectivity index (χ0n) is 25.1. The SMILES string of the molecule is Cl.Cl.Cl.O=C(c1cc(C(F)(F)F)cc(C(F)(F)F)c1)N1CCN(CCCNCc2cccnc2)C[C@H]1Cc1ccc2ccccc2c1. The Balaban J connectivity index is 0.00000256. The Hall–Kier alpha value is -3.09. The van der Waals surface area contributed by atoms with Crippen LogP contribution >= 0.6 is 37.2 Å². The number of aromatic nitrogens is 1. The van der Waals surface area contributed by atoms with Gasteiger partial charge in [-0.3, -0.25) is 14.7 Å². The molecule has 0 unspecified atom stereocenters. The van der Waals surface area contributed by atoms with Crippen molar-refractivity contribution in [1.82, 2.24) is 20.1 Å². The topological polar surface area (TPSA) is 48.5 Å². The number of pyridine rings is 1. The van der Waals surface area contributed by atoms with E-state index in [4.69, 9.17) is 0 Å². The van der Waals surface area contributed by atoms with Crippen LogP contribution < -0.4 is 5.32 Å². The molecule has 5 rings (SSSR count). The van der Waals surface area contributed by atoms with E-state index in [1.54, 1.807) is 12.4 Å². The van der Waals surface area contributed by atoms with E-state index in [1.807, 2.05) is 54.6 Å². The number of piperazine rings is 1. The maximum absolute atomic E-state index is 13.7. The number of amides is 1. The van der Waals surface area contributed by atoms with Crippen LogP contribution in [-0.2, 0) is 25.3 Å².